The molecule has 0 aromatic heterocycles. The molecule has 2 aliphatic rings. The van der Waals surface area contributed by atoms with Gasteiger partial charge in [0.15, 0.2) is 17.8 Å². The summed E-state index contributed by atoms with van der Waals surface area (Å²) in [5, 5.41) is 2.13. The van der Waals surface area contributed by atoms with Crippen molar-refractivity contribution in [2.24, 2.45) is 0 Å². The highest BCUT2D eigenvalue weighted by Gasteiger charge is 2.48. The molecule has 61 heavy (non-hydrogen) atoms. The predicted molar refractivity (Wildman–Crippen MR) is 234 cm³/mol. The van der Waals surface area contributed by atoms with Gasteiger partial charge in [-0.3, -0.25) is 0 Å². The molecule has 0 N–H and O–H groups in total. The lowest BCUT2D eigenvalue weighted by Crippen LogP contribution is -2.62. The Labute approximate surface area is 358 Å². The van der Waals surface area contributed by atoms with Crippen molar-refractivity contribution in [1.82, 2.24) is 0 Å². The van der Waals surface area contributed by atoms with E-state index in [2.05, 4.69) is 84.9 Å². The molecular formula is C51H54O10. The van der Waals surface area contributed by atoms with Crippen molar-refractivity contribution in [3.8, 4) is 33.8 Å². The molecule has 8 rings (SSSR count). The quantitative estimate of drug-likeness (QED) is 0.133. The van der Waals surface area contributed by atoms with E-state index in [9.17, 15) is 0 Å². The van der Waals surface area contributed by atoms with Gasteiger partial charge in [-0.2, -0.15) is 0 Å². The Morgan fingerprint density at radius 3 is 1.51 bits per heavy atom. The first-order valence-corrected chi connectivity index (χ1v) is 21.1. The first-order chi connectivity index (χ1) is 30.2. The van der Waals surface area contributed by atoms with Crippen LogP contribution < -0.4 is 9.47 Å². The van der Waals surface area contributed by atoms with Gasteiger partial charge in [-0.05, 0) is 56.3 Å². The van der Waals surface area contributed by atoms with E-state index in [1.54, 1.807) is 7.11 Å². The lowest BCUT2D eigenvalue weighted by molar-refractivity contribution is -0.321. The van der Waals surface area contributed by atoms with Crippen molar-refractivity contribution >= 4 is 10.8 Å². The van der Waals surface area contributed by atoms with E-state index in [0.717, 1.165) is 38.6 Å². The molecule has 6 aromatic rings. The summed E-state index contributed by atoms with van der Waals surface area (Å²) in [6, 6.07) is 49.6. The van der Waals surface area contributed by atoms with Crippen LogP contribution in [0, 0.1) is 0 Å². The third kappa shape index (κ3) is 11.6. The maximum atomic E-state index is 6.78. The molecule has 1 saturated heterocycles. The Morgan fingerprint density at radius 2 is 0.967 bits per heavy atom. The Bertz CT molecular complexity index is 2200. The third-order valence-corrected chi connectivity index (χ3v) is 10.8. The lowest BCUT2D eigenvalue weighted by atomic mass is 9.98. The van der Waals surface area contributed by atoms with Crippen molar-refractivity contribution < 1.29 is 47.4 Å². The van der Waals surface area contributed by atoms with Gasteiger partial charge in [0.1, 0.15) is 37.6 Å². The van der Waals surface area contributed by atoms with Crippen LogP contribution in [-0.4, -0.2) is 97.3 Å². The number of hydrogen-bond acceptors (Lipinski definition) is 10. The van der Waals surface area contributed by atoms with E-state index in [4.69, 9.17) is 47.4 Å². The Morgan fingerprint density at radius 1 is 0.492 bits per heavy atom. The number of benzene rings is 6. The molecule has 0 amide bonds. The number of ether oxygens (including phenoxy) is 10. The fourth-order valence-electron chi connectivity index (χ4n) is 7.64. The Balaban J connectivity index is 0.968. The molecule has 0 unspecified atom stereocenters. The van der Waals surface area contributed by atoms with Crippen LogP contribution in [0.15, 0.2) is 146 Å². The average Bonchev–Trinajstić information content (AvgIpc) is 3.31. The molecule has 2 heterocycles. The first-order valence-electron chi connectivity index (χ1n) is 21.1. The summed E-state index contributed by atoms with van der Waals surface area (Å²) in [6.45, 7) is 3.52. The van der Waals surface area contributed by atoms with Gasteiger partial charge in [-0.25, -0.2) is 0 Å². The summed E-state index contributed by atoms with van der Waals surface area (Å²) in [5.41, 5.74) is 6.67. The van der Waals surface area contributed by atoms with Crippen LogP contribution in [0.1, 0.15) is 11.1 Å². The van der Waals surface area contributed by atoms with Gasteiger partial charge in [0.2, 0.25) is 0 Å². The molecule has 0 bridgehead atoms. The summed E-state index contributed by atoms with van der Waals surface area (Å²) in [7, 11) is 1.61. The van der Waals surface area contributed by atoms with Crippen molar-refractivity contribution in [3.05, 3.63) is 157 Å². The van der Waals surface area contributed by atoms with Crippen LogP contribution in [0.25, 0.3) is 33.0 Å². The molecule has 2 aliphatic heterocycles. The van der Waals surface area contributed by atoms with Crippen molar-refractivity contribution in [2.75, 3.05) is 66.6 Å². The number of hydrogen-bond donors (Lipinski definition) is 0. The monoisotopic (exact) mass is 826 g/mol. The molecule has 6 aromatic carbocycles. The van der Waals surface area contributed by atoms with Crippen molar-refractivity contribution in [3.63, 3.8) is 0 Å². The highest BCUT2D eigenvalue weighted by molar-refractivity contribution is 5.86. The smallest absolute Gasteiger partial charge is 0.186 e. The molecule has 0 aliphatic carbocycles. The summed E-state index contributed by atoms with van der Waals surface area (Å²) < 4.78 is 63.1. The van der Waals surface area contributed by atoms with Crippen LogP contribution in [0.4, 0.5) is 0 Å². The topological polar surface area (TPSA) is 92.3 Å². The Kier molecular flexibility index (Phi) is 15.4. The number of fused-ring (bicyclic) bond motifs is 3. The standard InChI is InChI=1S/C51H54O10/c1-52-51-50-49(58-30-26-53-24-28-56-45-32-43-14-8-9-15-44(43)33-46(45)57-29-25-54-27-31-59-50)48(60-35-38-18-22-42(23-19-38)40-12-6-3-7-13-40)47(61-51)36-55-34-37-16-20-41(21-17-37)39-10-4-2-5-11-39/h2-23,32-33,47-51H,24-31,34-36H2,1H3/t47-,48-,49+,50-,51+/m1/s1. The normalized spacial score (nSPS) is 21.8. The number of rotatable bonds is 10. The minimum Gasteiger partial charge on any atom is -0.487 e. The SMILES string of the molecule is CO[C@H]1O[C@H](COCc2ccc(-c3ccccc3)cc2)[C@@H](OCc2ccc(-c3ccccc3)cc2)[C@@H]2OCCOCCOc3cc4ccccc4cc3OCCOCCO[C@@H]12. The molecule has 318 valence electrons. The second kappa shape index (κ2) is 22.1. The molecule has 0 saturated carbocycles. The van der Waals surface area contributed by atoms with Crippen LogP contribution in [0.5, 0.6) is 11.5 Å². The van der Waals surface area contributed by atoms with E-state index >= 15 is 0 Å². The van der Waals surface area contributed by atoms with Gasteiger partial charge in [0, 0.05) is 7.11 Å². The minimum atomic E-state index is -0.761. The zero-order chi connectivity index (χ0) is 41.5. The first kappa shape index (κ1) is 42.5. The van der Waals surface area contributed by atoms with E-state index < -0.39 is 30.7 Å². The van der Waals surface area contributed by atoms with E-state index in [1.165, 1.54) is 5.56 Å². The van der Waals surface area contributed by atoms with Crippen molar-refractivity contribution in [2.45, 2.75) is 43.9 Å². The lowest BCUT2D eigenvalue weighted by Gasteiger charge is -2.45. The van der Waals surface area contributed by atoms with Crippen molar-refractivity contribution in [1.29, 1.82) is 0 Å². The zero-order valence-corrected chi connectivity index (χ0v) is 34.6. The fraction of sp³-hybridized carbons (Fsp3) is 0.333. The van der Waals surface area contributed by atoms with Gasteiger partial charge in [0.05, 0.1) is 59.5 Å². The largest absolute Gasteiger partial charge is 0.487 e. The van der Waals surface area contributed by atoms with Gasteiger partial charge in [0.25, 0.3) is 0 Å². The summed E-state index contributed by atoms with van der Waals surface area (Å²) in [4.78, 5) is 0. The van der Waals surface area contributed by atoms with Crippen LogP contribution >= 0.6 is 0 Å². The van der Waals surface area contributed by atoms with Crippen LogP contribution in [-0.2, 0) is 51.1 Å². The Hall–Kier alpha value is -5.14. The van der Waals surface area contributed by atoms with Gasteiger partial charge in [-0.1, -0.05) is 133 Å². The van der Waals surface area contributed by atoms with E-state index in [0.29, 0.717) is 64.4 Å². The van der Waals surface area contributed by atoms with Gasteiger partial charge >= 0.3 is 0 Å². The predicted octanol–water partition coefficient (Wildman–Crippen LogP) is 8.92. The van der Waals surface area contributed by atoms with Gasteiger partial charge < -0.3 is 47.4 Å². The average molecular weight is 827 g/mol. The second-order valence-corrected chi connectivity index (χ2v) is 14.9. The molecule has 0 radical (unpaired) electrons. The van der Waals surface area contributed by atoms with E-state index in [1.807, 2.05) is 60.7 Å². The summed E-state index contributed by atoms with van der Waals surface area (Å²) in [5.74, 6) is 1.32. The third-order valence-electron chi connectivity index (χ3n) is 10.8. The maximum absolute atomic E-state index is 6.78. The highest BCUT2D eigenvalue weighted by atomic mass is 16.7. The zero-order valence-electron chi connectivity index (χ0n) is 34.6. The van der Waals surface area contributed by atoms with Crippen LogP contribution in [0.2, 0.25) is 0 Å². The summed E-state index contributed by atoms with van der Waals surface area (Å²) in [6.07, 6.45) is -3.12. The molecule has 1 fully saturated rings. The second-order valence-electron chi connectivity index (χ2n) is 14.9. The summed E-state index contributed by atoms with van der Waals surface area (Å²) >= 11 is 0. The molecule has 0 spiro atoms. The van der Waals surface area contributed by atoms with Crippen LogP contribution in [0.3, 0.4) is 0 Å². The van der Waals surface area contributed by atoms with Gasteiger partial charge in [-0.15, -0.1) is 0 Å². The molecule has 10 nitrogen and oxygen atoms in total. The number of methoxy groups -OCH3 is 1. The molecule has 5 atom stereocenters. The minimum absolute atomic E-state index is 0.234. The highest BCUT2D eigenvalue weighted by Crippen LogP contribution is 2.34. The van der Waals surface area contributed by atoms with E-state index in [-0.39, 0.29) is 19.8 Å². The maximum Gasteiger partial charge on any atom is 0.186 e. The molecule has 10 heteroatoms. The molecular weight excluding hydrogens is 773 g/mol. The fourth-order valence-corrected chi connectivity index (χ4v) is 7.64.